The van der Waals surface area contributed by atoms with E-state index in [-0.39, 0.29) is 17.8 Å². The Bertz CT molecular complexity index is 332. The van der Waals surface area contributed by atoms with Crippen LogP contribution in [0.2, 0.25) is 0 Å². The van der Waals surface area contributed by atoms with Crippen molar-refractivity contribution in [1.82, 2.24) is 0 Å². The summed E-state index contributed by atoms with van der Waals surface area (Å²) in [6.45, 7) is 8.62. The van der Waals surface area contributed by atoms with Gasteiger partial charge in [-0.15, -0.1) is 0 Å². The maximum absolute atomic E-state index is 9.57. The quantitative estimate of drug-likeness (QED) is 0.721. The van der Waals surface area contributed by atoms with Crippen LogP contribution < -0.4 is 0 Å². The van der Waals surface area contributed by atoms with E-state index in [1.165, 1.54) is 24.8 Å². The Kier molecular flexibility index (Phi) is 3.89. The van der Waals surface area contributed by atoms with Crippen LogP contribution in [0.1, 0.15) is 59.8 Å². The van der Waals surface area contributed by atoms with Crippen molar-refractivity contribution in [3.63, 3.8) is 0 Å². The summed E-state index contributed by atoms with van der Waals surface area (Å²) in [4.78, 5) is 0. The average Bonchev–Trinajstić information content (AvgIpc) is 2.58. The Hall–Kier alpha value is -0.340. The van der Waals surface area contributed by atoms with Gasteiger partial charge in [0.05, 0.1) is 17.8 Å². The second-order valence-corrected chi connectivity index (χ2v) is 6.24. The molecule has 2 bridgehead atoms. The highest BCUT2D eigenvalue weighted by atomic mass is 16.5. The third-order valence-electron chi connectivity index (χ3n) is 5.12. The van der Waals surface area contributed by atoms with Gasteiger partial charge in [-0.05, 0) is 63.4 Å². The molecular weight excluding hydrogens is 224 g/mol. The van der Waals surface area contributed by atoms with Gasteiger partial charge < -0.3 is 9.84 Å². The molecule has 0 amide bonds. The van der Waals surface area contributed by atoms with Crippen molar-refractivity contribution >= 4 is 0 Å². The molecule has 0 radical (unpaired) electrons. The lowest BCUT2D eigenvalue weighted by molar-refractivity contribution is -0.0999. The van der Waals surface area contributed by atoms with Crippen LogP contribution in [0.15, 0.2) is 11.6 Å². The molecule has 2 heteroatoms. The Labute approximate surface area is 111 Å². The van der Waals surface area contributed by atoms with Crippen molar-refractivity contribution in [3.8, 4) is 0 Å². The smallest absolute Gasteiger partial charge is 0.0952 e. The van der Waals surface area contributed by atoms with Crippen LogP contribution in [0, 0.1) is 11.8 Å². The van der Waals surface area contributed by atoms with Gasteiger partial charge in [-0.1, -0.05) is 19.9 Å². The van der Waals surface area contributed by atoms with Gasteiger partial charge >= 0.3 is 0 Å². The zero-order valence-corrected chi connectivity index (χ0v) is 12.3. The summed E-state index contributed by atoms with van der Waals surface area (Å²) in [5.74, 6) is 1.33. The molecule has 3 rings (SSSR count). The molecule has 1 saturated carbocycles. The van der Waals surface area contributed by atoms with Gasteiger partial charge in [-0.2, -0.15) is 0 Å². The maximum Gasteiger partial charge on any atom is 0.0952 e. The molecule has 2 fully saturated rings. The van der Waals surface area contributed by atoms with Crippen LogP contribution >= 0.6 is 0 Å². The summed E-state index contributed by atoms with van der Waals surface area (Å²) in [7, 11) is 0. The van der Waals surface area contributed by atoms with E-state index in [0.717, 1.165) is 12.8 Å². The Balaban J connectivity index is 0.000000574. The van der Waals surface area contributed by atoms with Gasteiger partial charge in [0.2, 0.25) is 0 Å². The molecule has 0 aromatic rings. The van der Waals surface area contributed by atoms with Crippen LogP contribution in [-0.4, -0.2) is 22.9 Å². The van der Waals surface area contributed by atoms with E-state index in [1.54, 1.807) is 0 Å². The first-order valence-corrected chi connectivity index (χ1v) is 7.59. The van der Waals surface area contributed by atoms with E-state index >= 15 is 0 Å². The predicted octanol–water partition coefficient (Wildman–Crippen LogP) is 3.69. The number of ether oxygens (including phenoxy) is 1. The molecule has 0 aromatic carbocycles. The lowest BCUT2D eigenvalue weighted by Gasteiger charge is -2.44. The number of aliphatic hydroxyl groups excluding tert-OH is 1. The number of hydrogen-bond acceptors (Lipinski definition) is 2. The van der Waals surface area contributed by atoms with Crippen molar-refractivity contribution in [2.24, 2.45) is 11.8 Å². The standard InChI is InChI=1S/C14H22O2.C2H6/c1-13(2)11-7-6-10-4-3-5-12(9-15)14(10,8-11)16-13;1-2/h5,10-11,15H,3-4,6-9H2,1-2H3;1-2H3. The summed E-state index contributed by atoms with van der Waals surface area (Å²) in [6.07, 6.45) is 8.31. The van der Waals surface area contributed by atoms with Crippen molar-refractivity contribution in [2.75, 3.05) is 6.61 Å². The molecular formula is C16H28O2. The highest BCUT2D eigenvalue weighted by Crippen LogP contribution is 2.58. The number of allylic oxidation sites excluding steroid dienone is 1. The SMILES string of the molecule is CC.CC1(C)OC23CC1CCC2CCC=C3CO. The van der Waals surface area contributed by atoms with E-state index in [2.05, 4.69) is 19.9 Å². The fourth-order valence-corrected chi connectivity index (χ4v) is 4.21. The van der Waals surface area contributed by atoms with Crippen molar-refractivity contribution in [3.05, 3.63) is 11.6 Å². The van der Waals surface area contributed by atoms with Crippen molar-refractivity contribution in [2.45, 2.75) is 71.0 Å². The summed E-state index contributed by atoms with van der Waals surface area (Å²) in [5.41, 5.74) is 1.07. The molecule has 2 nitrogen and oxygen atoms in total. The molecule has 1 N–H and O–H groups in total. The third kappa shape index (κ3) is 1.94. The average molecular weight is 252 g/mol. The van der Waals surface area contributed by atoms with Gasteiger partial charge in [-0.3, -0.25) is 0 Å². The van der Waals surface area contributed by atoms with E-state index in [4.69, 9.17) is 4.74 Å². The first-order valence-electron chi connectivity index (χ1n) is 7.59. The lowest BCUT2D eigenvalue weighted by atomic mass is 9.64. The zero-order valence-electron chi connectivity index (χ0n) is 12.3. The molecule has 2 aliphatic carbocycles. The van der Waals surface area contributed by atoms with Gasteiger partial charge in [0, 0.05) is 0 Å². The van der Waals surface area contributed by atoms with Crippen molar-refractivity contribution < 1.29 is 9.84 Å². The second-order valence-electron chi connectivity index (χ2n) is 6.24. The van der Waals surface area contributed by atoms with E-state index in [1.807, 2.05) is 13.8 Å². The summed E-state index contributed by atoms with van der Waals surface area (Å²) in [6, 6.07) is 0. The molecule has 0 aromatic heterocycles. The number of fused-ring (bicyclic) bond motifs is 1. The minimum absolute atomic E-state index is 0.000347. The normalized spacial score (nSPS) is 40.4. The van der Waals surface area contributed by atoms with Gasteiger partial charge in [-0.25, -0.2) is 0 Å². The number of aliphatic hydroxyl groups is 1. The van der Waals surface area contributed by atoms with Crippen molar-refractivity contribution in [1.29, 1.82) is 0 Å². The number of rotatable bonds is 1. The molecule has 1 aliphatic heterocycles. The minimum Gasteiger partial charge on any atom is -0.392 e. The van der Waals surface area contributed by atoms with E-state index < -0.39 is 0 Å². The molecule has 3 atom stereocenters. The fraction of sp³-hybridized carbons (Fsp3) is 0.875. The highest BCUT2D eigenvalue weighted by Gasteiger charge is 2.59. The first kappa shape index (κ1) is 14.1. The van der Waals surface area contributed by atoms with Gasteiger partial charge in [0.1, 0.15) is 0 Å². The van der Waals surface area contributed by atoms with E-state index in [9.17, 15) is 5.11 Å². The molecule has 18 heavy (non-hydrogen) atoms. The molecule has 1 spiro atoms. The Morgan fingerprint density at radius 2 is 1.89 bits per heavy atom. The number of hydrogen-bond donors (Lipinski definition) is 1. The Morgan fingerprint density at radius 1 is 1.22 bits per heavy atom. The second kappa shape index (κ2) is 4.97. The summed E-state index contributed by atoms with van der Waals surface area (Å²) < 4.78 is 6.44. The van der Waals surface area contributed by atoms with Crippen LogP contribution in [0.4, 0.5) is 0 Å². The van der Waals surface area contributed by atoms with Crippen LogP contribution in [0.3, 0.4) is 0 Å². The maximum atomic E-state index is 9.57. The Morgan fingerprint density at radius 3 is 2.56 bits per heavy atom. The predicted molar refractivity (Wildman–Crippen MR) is 74.5 cm³/mol. The van der Waals surface area contributed by atoms with Crippen LogP contribution in [0.25, 0.3) is 0 Å². The molecule has 3 unspecified atom stereocenters. The zero-order chi connectivity index (χ0) is 13.4. The monoisotopic (exact) mass is 252 g/mol. The van der Waals surface area contributed by atoms with E-state index in [0.29, 0.717) is 11.8 Å². The topological polar surface area (TPSA) is 29.5 Å². The summed E-state index contributed by atoms with van der Waals surface area (Å²) in [5, 5.41) is 9.57. The highest BCUT2D eigenvalue weighted by molar-refractivity contribution is 5.28. The minimum atomic E-state index is -0.0978. The lowest BCUT2D eigenvalue weighted by Crippen LogP contribution is -2.45. The third-order valence-corrected chi connectivity index (χ3v) is 5.12. The van der Waals surface area contributed by atoms with Gasteiger partial charge in [0.25, 0.3) is 0 Å². The molecule has 1 heterocycles. The molecule has 1 saturated heterocycles. The van der Waals surface area contributed by atoms with Crippen LogP contribution in [-0.2, 0) is 4.74 Å². The molecule has 3 aliphatic rings. The fourth-order valence-electron chi connectivity index (χ4n) is 4.21. The summed E-state index contributed by atoms with van der Waals surface area (Å²) >= 11 is 0. The largest absolute Gasteiger partial charge is 0.392 e. The molecule has 104 valence electrons. The first-order chi connectivity index (χ1) is 8.58. The van der Waals surface area contributed by atoms with Gasteiger partial charge in [0.15, 0.2) is 0 Å². The van der Waals surface area contributed by atoms with Crippen LogP contribution in [0.5, 0.6) is 0 Å².